The molecule has 5 heteroatoms. The lowest BCUT2D eigenvalue weighted by Gasteiger charge is -2.27. The largest absolute Gasteiger partial charge is 0.322 e. The normalized spacial score (nSPS) is 12.7. The van der Waals surface area contributed by atoms with Crippen molar-refractivity contribution in [3.05, 3.63) is 89.5 Å². The van der Waals surface area contributed by atoms with Crippen LogP contribution in [0.25, 0.3) is 0 Å². The Balaban J connectivity index is 1.73. The number of anilines is 3. The number of benzene rings is 3. The third kappa shape index (κ3) is 4.11. The Morgan fingerprint density at radius 1 is 0.867 bits per heavy atom. The van der Waals surface area contributed by atoms with Crippen LogP contribution in [0.1, 0.15) is 21.5 Å². The third-order valence-corrected chi connectivity index (χ3v) is 5.22. The molecule has 0 atom stereocenters. The fraction of sp³-hybridized carbons (Fsp3) is 0.200. The van der Waals surface area contributed by atoms with Crippen LogP contribution in [-0.4, -0.2) is 37.4 Å². The monoisotopic (exact) mass is 399 g/mol. The van der Waals surface area contributed by atoms with Crippen molar-refractivity contribution in [3.63, 3.8) is 0 Å². The van der Waals surface area contributed by atoms with Crippen LogP contribution in [0.3, 0.4) is 0 Å². The number of fused-ring (bicyclic) bond motifs is 2. The van der Waals surface area contributed by atoms with Crippen LogP contribution in [0.2, 0.25) is 0 Å². The maximum atomic E-state index is 13.2. The minimum Gasteiger partial charge on any atom is -0.322 e. The standard InChI is InChI=1S/C25H25N3O2/c1-27(2)17-24(29)28-22-11-7-6-8-18(22)12-13-19-14-15-21(16-23(19)28)26-25(30)20-9-4-3-5-10-20/h3-11,14-16H,12-13,17H2,1-2H3,(H,26,30). The molecule has 1 aliphatic heterocycles. The molecule has 0 fully saturated rings. The maximum Gasteiger partial charge on any atom is 0.255 e. The molecule has 0 bridgehead atoms. The molecule has 3 aromatic rings. The second-order valence-corrected chi connectivity index (χ2v) is 7.76. The van der Waals surface area contributed by atoms with Crippen molar-refractivity contribution in [2.24, 2.45) is 0 Å². The summed E-state index contributed by atoms with van der Waals surface area (Å²) < 4.78 is 0. The van der Waals surface area contributed by atoms with Gasteiger partial charge in [0.2, 0.25) is 5.91 Å². The van der Waals surface area contributed by atoms with Gasteiger partial charge in [0.05, 0.1) is 17.9 Å². The molecule has 30 heavy (non-hydrogen) atoms. The first-order chi connectivity index (χ1) is 14.5. The number of nitrogens with one attached hydrogen (secondary N) is 1. The van der Waals surface area contributed by atoms with Gasteiger partial charge in [-0.05, 0) is 68.4 Å². The number of para-hydroxylation sites is 1. The molecule has 1 N–H and O–H groups in total. The number of hydrogen-bond acceptors (Lipinski definition) is 3. The zero-order valence-corrected chi connectivity index (χ0v) is 17.3. The average molecular weight is 399 g/mol. The van der Waals surface area contributed by atoms with E-state index < -0.39 is 0 Å². The van der Waals surface area contributed by atoms with Gasteiger partial charge >= 0.3 is 0 Å². The van der Waals surface area contributed by atoms with E-state index in [1.165, 1.54) is 0 Å². The second-order valence-electron chi connectivity index (χ2n) is 7.76. The summed E-state index contributed by atoms with van der Waals surface area (Å²) in [6, 6.07) is 23.0. The van der Waals surface area contributed by atoms with Crippen molar-refractivity contribution in [2.45, 2.75) is 12.8 Å². The molecule has 1 heterocycles. The molecule has 0 saturated heterocycles. The van der Waals surface area contributed by atoms with Gasteiger partial charge in [0.15, 0.2) is 0 Å². The molecule has 5 nitrogen and oxygen atoms in total. The van der Waals surface area contributed by atoms with Gasteiger partial charge in [-0.15, -0.1) is 0 Å². The molecular formula is C25H25N3O2. The van der Waals surface area contributed by atoms with Crippen molar-refractivity contribution in [1.29, 1.82) is 0 Å². The predicted molar refractivity (Wildman–Crippen MR) is 120 cm³/mol. The van der Waals surface area contributed by atoms with Gasteiger partial charge in [-0.2, -0.15) is 0 Å². The van der Waals surface area contributed by atoms with Crippen molar-refractivity contribution in [2.75, 3.05) is 30.9 Å². The smallest absolute Gasteiger partial charge is 0.255 e. The molecule has 0 aliphatic carbocycles. The molecular weight excluding hydrogens is 374 g/mol. The summed E-state index contributed by atoms with van der Waals surface area (Å²) in [7, 11) is 3.78. The van der Waals surface area contributed by atoms with E-state index in [1.807, 2.05) is 73.6 Å². The van der Waals surface area contributed by atoms with E-state index in [2.05, 4.69) is 11.4 Å². The molecule has 0 unspecified atom stereocenters. The number of nitrogens with zero attached hydrogens (tertiary/aromatic N) is 2. The molecule has 0 spiro atoms. The number of likely N-dealkylation sites (N-methyl/N-ethyl adjacent to an activating group) is 1. The summed E-state index contributed by atoms with van der Waals surface area (Å²) in [6.07, 6.45) is 1.70. The fourth-order valence-electron chi connectivity index (χ4n) is 3.80. The van der Waals surface area contributed by atoms with E-state index in [0.717, 1.165) is 35.3 Å². The summed E-state index contributed by atoms with van der Waals surface area (Å²) >= 11 is 0. The van der Waals surface area contributed by atoms with Crippen LogP contribution in [0.15, 0.2) is 72.8 Å². The van der Waals surface area contributed by atoms with Crippen molar-refractivity contribution in [1.82, 2.24) is 4.90 Å². The highest BCUT2D eigenvalue weighted by Crippen LogP contribution is 2.37. The Morgan fingerprint density at radius 2 is 1.53 bits per heavy atom. The van der Waals surface area contributed by atoms with E-state index in [0.29, 0.717) is 17.8 Å². The van der Waals surface area contributed by atoms with Crippen molar-refractivity contribution < 1.29 is 9.59 Å². The summed E-state index contributed by atoms with van der Waals surface area (Å²) in [5, 5.41) is 2.97. The molecule has 0 radical (unpaired) electrons. The lowest BCUT2D eigenvalue weighted by atomic mass is 10.0. The Morgan fingerprint density at radius 3 is 2.27 bits per heavy atom. The van der Waals surface area contributed by atoms with Crippen LogP contribution in [-0.2, 0) is 17.6 Å². The van der Waals surface area contributed by atoms with Gasteiger partial charge in [0.1, 0.15) is 0 Å². The van der Waals surface area contributed by atoms with E-state index in [9.17, 15) is 9.59 Å². The van der Waals surface area contributed by atoms with Gasteiger partial charge in [0.25, 0.3) is 5.91 Å². The van der Waals surface area contributed by atoms with Crippen LogP contribution in [0.4, 0.5) is 17.1 Å². The topological polar surface area (TPSA) is 52.7 Å². The van der Waals surface area contributed by atoms with Gasteiger partial charge in [-0.3, -0.25) is 14.5 Å². The zero-order valence-electron chi connectivity index (χ0n) is 17.3. The summed E-state index contributed by atoms with van der Waals surface area (Å²) in [4.78, 5) is 29.5. The van der Waals surface area contributed by atoms with Crippen LogP contribution in [0.5, 0.6) is 0 Å². The summed E-state index contributed by atoms with van der Waals surface area (Å²) in [5.41, 5.74) is 5.25. The second kappa shape index (κ2) is 8.51. The number of carbonyl (C=O) groups excluding carboxylic acids is 2. The molecule has 1 aliphatic rings. The summed E-state index contributed by atoms with van der Waals surface area (Å²) in [5.74, 6) is -0.169. The Bertz CT molecular complexity index is 1080. The minimum atomic E-state index is -0.171. The van der Waals surface area contributed by atoms with Crippen LogP contribution >= 0.6 is 0 Å². The highest BCUT2D eigenvalue weighted by Gasteiger charge is 2.26. The number of carbonyl (C=O) groups is 2. The minimum absolute atomic E-state index is 0.00198. The van der Waals surface area contributed by atoms with Crippen molar-refractivity contribution >= 4 is 28.9 Å². The van der Waals surface area contributed by atoms with Gasteiger partial charge < -0.3 is 10.2 Å². The number of hydrogen-bond donors (Lipinski definition) is 1. The first-order valence-corrected chi connectivity index (χ1v) is 10.1. The van der Waals surface area contributed by atoms with Crippen LogP contribution in [0, 0.1) is 0 Å². The molecule has 0 saturated carbocycles. The number of aryl methyl sites for hydroxylation is 2. The molecule has 152 valence electrons. The SMILES string of the molecule is CN(C)CC(=O)N1c2ccccc2CCc2ccc(NC(=O)c3ccccc3)cc21. The highest BCUT2D eigenvalue weighted by atomic mass is 16.2. The number of amides is 2. The average Bonchev–Trinajstić information content (AvgIpc) is 2.90. The zero-order chi connectivity index (χ0) is 21.1. The van der Waals surface area contributed by atoms with Crippen LogP contribution < -0.4 is 10.2 Å². The quantitative estimate of drug-likeness (QED) is 0.713. The Hall–Kier alpha value is -3.44. The fourth-order valence-corrected chi connectivity index (χ4v) is 3.80. The molecule has 3 aromatic carbocycles. The molecule has 2 amide bonds. The lowest BCUT2D eigenvalue weighted by molar-refractivity contribution is -0.118. The molecule has 4 rings (SSSR count). The third-order valence-electron chi connectivity index (χ3n) is 5.22. The Labute approximate surface area is 176 Å². The Kier molecular flexibility index (Phi) is 5.63. The summed E-state index contributed by atoms with van der Waals surface area (Å²) in [6.45, 7) is 0.300. The first-order valence-electron chi connectivity index (χ1n) is 10.1. The predicted octanol–water partition coefficient (Wildman–Crippen LogP) is 4.26. The number of rotatable bonds is 4. The first kappa shape index (κ1) is 19.9. The van der Waals surface area contributed by atoms with E-state index in [-0.39, 0.29) is 11.8 Å². The van der Waals surface area contributed by atoms with Gasteiger partial charge in [0, 0.05) is 11.3 Å². The van der Waals surface area contributed by atoms with E-state index >= 15 is 0 Å². The van der Waals surface area contributed by atoms with Crippen molar-refractivity contribution in [3.8, 4) is 0 Å². The maximum absolute atomic E-state index is 13.2. The van der Waals surface area contributed by atoms with Gasteiger partial charge in [-0.1, -0.05) is 42.5 Å². The van der Waals surface area contributed by atoms with E-state index in [4.69, 9.17) is 0 Å². The highest BCUT2D eigenvalue weighted by molar-refractivity contribution is 6.06. The lowest BCUT2D eigenvalue weighted by Crippen LogP contribution is -2.35. The molecule has 0 aromatic heterocycles. The van der Waals surface area contributed by atoms with E-state index in [1.54, 1.807) is 17.0 Å². The van der Waals surface area contributed by atoms with Gasteiger partial charge in [-0.25, -0.2) is 0 Å².